The Labute approximate surface area is 157 Å². The lowest BCUT2D eigenvalue weighted by molar-refractivity contribution is -0.116. The van der Waals surface area contributed by atoms with Gasteiger partial charge in [-0.05, 0) is 47.7 Å². The quantitative estimate of drug-likeness (QED) is 0.513. The molecule has 5 nitrogen and oxygen atoms in total. The van der Waals surface area contributed by atoms with Crippen molar-refractivity contribution < 1.29 is 18.0 Å². The molecule has 2 aromatic heterocycles. The van der Waals surface area contributed by atoms with Crippen LogP contribution in [0.2, 0.25) is 0 Å². The second-order valence-corrected chi connectivity index (χ2v) is 6.67. The number of nitrogens with one attached hydrogen (secondary N) is 1. The number of carbonyl (C=O) groups excluding carboxylic acids is 1. The van der Waals surface area contributed by atoms with Crippen molar-refractivity contribution in [1.29, 1.82) is 0 Å². The summed E-state index contributed by atoms with van der Waals surface area (Å²) in [6.07, 6.45) is 5.26. The van der Waals surface area contributed by atoms with Crippen LogP contribution in [0.25, 0.3) is 11.7 Å². The van der Waals surface area contributed by atoms with E-state index >= 15 is 0 Å². The molecule has 0 bridgehead atoms. The Kier molecular flexibility index (Phi) is 5.80. The minimum atomic E-state index is -4.31. The third kappa shape index (κ3) is 5.58. The summed E-state index contributed by atoms with van der Waals surface area (Å²) in [4.78, 5) is 12.0. The Morgan fingerprint density at radius 3 is 2.67 bits per heavy atom. The van der Waals surface area contributed by atoms with Crippen molar-refractivity contribution in [3.63, 3.8) is 0 Å². The lowest BCUT2D eigenvalue weighted by Gasteiger charge is -2.05. The fourth-order valence-corrected chi connectivity index (χ4v) is 2.91. The molecule has 3 aromatic rings. The Morgan fingerprint density at radius 2 is 1.93 bits per heavy atom. The van der Waals surface area contributed by atoms with Gasteiger partial charge < -0.3 is 5.32 Å². The lowest BCUT2D eigenvalue weighted by atomic mass is 10.2. The molecule has 0 fully saturated rings. The number of amides is 1. The third-order valence-corrected chi connectivity index (χ3v) is 4.31. The minimum absolute atomic E-state index is 0.102. The molecular formula is C18H15F3N4OS. The molecule has 9 heteroatoms. The highest BCUT2D eigenvalue weighted by Crippen LogP contribution is 2.36. The molecule has 0 saturated carbocycles. The molecule has 0 aliphatic carbocycles. The first-order chi connectivity index (χ1) is 12.9. The van der Waals surface area contributed by atoms with Crippen molar-refractivity contribution in [2.45, 2.75) is 16.8 Å². The van der Waals surface area contributed by atoms with Gasteiger partial charge in [0.15, 0.2) is 5.65 Å². The van der Waals surface area contributed by atoms with E-state index < -0.39 is 5.51 Å². The van der Waals surface area contributed by atoms with Crippen molar-refractivity contribution in [2.75, 3.05) is 6.54 Å². The van der Waals surface area contributed by atoms with E-state index in [0.29, 0.717) is 18.5 Å². The molecule has 1 N–H and O–H groups in total. The van der Waals surface area contributed by atoms with Crippen LogP contribution in [-0.4, -0.2) is 32.6 Å². The molecule has 0 spiro atoms. The van der Waals surface area contributed by atoms with Crippen LogP contribution in [0.1, 0.15) is 11.4 Å². The van der Waals surface area contributed by atoms with Crippen LogP contribution in [0.4, 0.5) is 13.2 Å². The van der Waals surface area contributed by atoms with Crippen molar-refractivity contribution in [1.82, 2.24) is 19.9 Å². The minimum Gasteiger partial charge on any atom is -0.352 e. The average Bonchev–Trinajstić information content (AvgIpc) is 3.03. The van der Waals surface area contributed by atoms with Gasteiger partial charge in [0.25, 0.3) is 0 Å². The molecule has 3 rings (SSSR count). The van der Waals surface area contributed by atoms with Gasteiger partial charge in [-0.3, -0.25) is 9.20 Å². The van der Waals surface area contributed by atoms with Crippen LogP contribution in [-0.2, 0) is 11.2 Å². The van der Waals surface area contributed by atoms with Crippen molar-refractivity contribution >= 4 is 29.4 Å². The zero-order valence-corrected chi connectivity index (χ0v) is 14.8. The monoisotopic (exact) mass is 392 g/mol. The van der Waals surface area contributed by atoms with Crippen LogP contribution in [0.5, 0.6) is 0 Å². The number of benzene rings is 1. The van der Waals surface area contributed by atoms with Crippen LogP contribution >= 0.6 is 11.8 Å². The first kappa shape index (κ1) is 19.0. The summed E-state index contributed by atoms with van der Waals surface area (Å²) < 4.78 is 38.7. The fraction of sp³-hybridized carbons (Fsp3) is 0.167. The first-order valence-electron chi connectivity index (χ1n) is 8.01. The summed E-state index contributed by atoms with van der Waals surface area (Å²) in [5.41, 5.74) is -2.93. The van der Waals surface area contributed by atoms with Crippen molar-refractivity contribution in [2.24, 2.45) is 0 Å². The maximum atomic E-state index is 12.3. The molecule has 0 unspecified atom stereocenters. The molecule has 0 atom stereocenters. The molecule has 0 radical (unpaired) electrons. The van der Waals surface area contributed by atoms with Gasteiger partial charge >= 0.3 is 5.51 Å². The van der Waals surface area contributed by atoms with E-state index in [2.05, 4.69) is 15.5 Å². The maximum Gasteiger partial charge on any atom is 0.446 e. The number of thioether (sulfide) groups is 1. The summed E-state index contributed by atoms with van der Waals surface area (Å²) in [7, 11) is 0. The molecule has 140 valence electrons. The second-order valence-electron chi connectivity index (χ2n) is 5.54. The number of nitrogens with zero attached hydrogens (tertiary/aromatic N) is 3. The van der Waals surface area contributed by atoms with Crippen LogP contribution in [0.3, 0.4) is 0 Å². The normalized spacial score (nSPS) is 12.0. The highest BCUT2D eigenvalue weighted by Gasteiger charge is 2.28. The molecule has 1 aromatic carbocycles. The summed E-state index contributed by atoms with van der Waals surface area (Å²) in [5, 5.41) is 10.9. The van der Waals surface area contributed by atoms with Crippen molar-refractivity contribution in [3.05, 3.63) is 66.1 Å². The van der Waals surface area contributed by atoms with E-state index in [1.807, 2.05) is 28.8 Å². The fourth-order valence-electron chi connectivity index (χ4n) is 2.37. The van der Waals surface area contributed by atoms with Crippen LogP contribution in [0, 0.1) is 0 Å². The van der Waals surface area contributed by atoms with Crippen molar-refractivity contribution in [3.8, 4) is 0 Å². The van der Waals surface area contributed by atoms with Gasteiger partial charge in [-0.2, -0.15) is 13.2 Å². The second kappa shape index (κ2) is 8.26. The number of hydrogen-bond acceptors (Lipinski definition) is 4. The molecule has 0 aliphatic rings. The van der Waals surface area contributed by atoms with Gasteiger partial charge in [0.1, 0.15) is 5.82 Å². The van der Waals surface area contributed by atoms with Gasteiger partial charge in [0.2, 0.25) is 5.91 Å². The molecule has 1 amide bonds. The zero-order valence-electron chi connectivity index (χ0n) is 14.0. The Balaban J connectivity index is 1.49. The predicted octanol–water partition coefficient (Wildman–Crippen LogP) is 3.71. The van der Waals surface area contributed by atoms with Gasteiger partial charge in [-0.15, -0.1) is 10.2 Å². The summed E-state index contributed by atoms with van der Waals surface area (Å²) >= 11 is -0.172. The number of rotatable bonds is 6. The van der Waals surface area contributed by atoms with Gasteiger partial charge in [0.05, 0.1) is 0 Å². The zero-order chi connectivity index (χ0) is 19.3. The van der Waals surface area contributed by atoms with Crippen LogP contribution in [0.15, 0.2) is 59.6 Å². The Hall–Kier alpha value is -2.81. The Morgan fingerprint density at radius 1 is 1.15 bits per heavy atom. The summed E-state index contributed by atoms with van der Waals surface area (Å²) in [6, 6.07) is 11.4. The number of pyridine rings is 1. The molecule has 0 aliphatic heterocycles. The van der Waals surface area contributed by atoms with Gasteiger partial charge in [0, 0.05) is 30.1 Å². The number of halogens is 3. The van der Waals surface area contributed by atoms with Gasteiger partial charge in [-0.25, -0.2) is 0 Å². The standard InChI is InChI=1S/C18H15F3N4OS/c19-18(20,21)27-14-7-4-13(5-8-14)6-9-17(26)22-11-10-16-24-23-15-3-1-2-12-25(15)16/h1-9,12H,10-11H2,(H,22,26). The smallest absolute Gasteiger partial charge is 0.352 e. The molecule has 27 heavy (non-hydrogen) atoms. The van der Waals surface area contributed by atoms with Gasteiger partial charge in [-0.1, -0.05) is 18.2 Å². The van der Waals surface area contributed by atoms with E-state index in [4.69, 9.17) is 0 Å². The summed E-state index contributed by atoms with van der Waals surface area (Å²) in [6.45, 7) is 0.389. The van der Waals surface area contributed by atoms with Crippen LogP contribution < -0.4 is 5.32 Å². The highest BCUT2D eigenvalue weighted by molar-refractivity contribution is 8.00. The number of aromatic nitrogens is 3. The first-order valence-corrected chi connectivity index (χ1v) is 8.83. The number of carbonyl (C=O) groups is 1. The largest absolute Gasteiger partial charge is 0.446 e. The van der Waals surface area contributed by atoms with E-state index in [1.165, 1.54) is 30.3 Å². The van der Waals surface area contributed by atoms with E-state index in [-0.39, 0.29) is 22.6 Å². The molecular weight excluding hydrogens is 377 g/mol. The number of alkyl halides is 3. The maximum absolute atomic E-state index is 12.3. The number of hydrogen-bond donors (Lipinski definition) is 1. The highest BCUT2D eigenvalue weighted by atomic mass is 32.2. The van der Waals surface area contributed by atoms with E-state index in [9.17, 15) is 18.0 Å². The number of fused-ring (bicyclic) bond motifs is 1. The van der Waals surface area contributed by atoms with E-state index in [0.717, 1.165) is 11.5 Å². The third-order valence-electron chi connectivity index (χ3n) is 3.57. The Bertz CT molecular complexity index is 951. The average molecular weight is 392 g/mol. The van der Waals surface area contributed by atoms with E-state index in [1.54, 1.807) is 6.08 Å². The lowest BCUT2D eigenvalue weighted by Crippen LogP contribution is -2.24. The molecule has 2 heterocycles. The SMILES string of the molecule is O=C(C=Cc1ccc(SC(F)(F)F)cc1)NCCc1nnc2ccccn12. The molecule has 0 saturated heterocycles. The predicted molar refractivity (Wildman–Crippen MR) is 97.1 cm³/mol. The topological polar surface area (TPSA) is 59.3 Å². The summed E-state index contributed by atoms with van der Waals surface area (Å²) in [5.74, 6) is 0.449.